The fourth-order valence-electron chi connectivity index (χ4n) is 5.18. The van der Waals surface area contributed by atoms with E-state index in [1.54, 1.807) is 14.2 Å². The number of carbonyl (C=O) groups excluding carboxylic acids is 2. The van der Waals surface area contributed by atoms with Crippen molar-refractivity contribution in [1.82, 2.24) is 10.2 Å². The predicted molar refractivity (Wildman–Crippen MR) is 156 cm³/mol. The summed E-state index contributed by atoms with van der Waals surface area (Å²) in [5.74, 6) is 1.10. The summed E-state index contributed by atoms with van der Waals surface area (Å²) < 4.78 is 23.4. The minimum Gasteiger partial charge on any atom is -0.497 e. The molecule has 4 atom stereocenters. The van der Waals surface area contributed by atoms with Crippen LogP contribution in [0.25, 0.3) is 0 Å². The van der Waals surface area contributed by atoms with Crippen molar-refractivity contribution in [2.75, 3.05) is 27.4 Å². The molecule has 5 rings (SSSR count). The Balaban J connectivity index is 1.49. The van der Waals surface area contributed by atoms with Gasteiger partial charge in [0, 0.05) is 13.0 Å². The van der Waals surface area contributed by atoms with Crippen molar-refractivity contribution >= 4 is 34.5 Å². The third-order valence-corrected chi connectivity index (χ3v) is 8.28. The Kier molecular flexibility index (Phi) is 8.60. The first kappa shape index (κ1) is 28.3. The summed E-state index contributed by atoms with van der Waals surface area (Å²) >= 11 is 1.99. The number of hydrogen-bond acceptors (Lipinski definition) is 7. The van der Waals surface area contributed by atoms with E-state index in [1.165, 1.54) is 4.90 Å². The van der Waals surface area contributed by atoms with E-state index in [0.717, 1.165) is 16.7 Å². The largest absolute Gasteiger partial charge is 0.497 e. The predicted octanol–water partition coefficient (Wildman–Crippen LogP) is 3.84. The molecule has 40 heavy (non-hydrogen) atoms. The molecule has 2 saturated heterocycles. The van der Waals surface area contributed by atoms with Crippen LogP contribution in [0.1, 0.15) is 23.1 Å². The van der Waals surface area contributed by atoms with Gasteiger partial charge in [-0.15, -0.1) is 0 Å². The number of carbonyl (C=O) groups is 2. The summed E-state index contributed by atoms with van der Waals surface area (Å²) in [6.07, 6.45) is -2.05. The molecule has 2 fully saturated rings. The summed E-state index contributed by atoms with van der Waals surface area (Å²) in [5.41, 5.74) is 1.53. The molecular weight excluding hydrogens is 627 g/mol. The van der Waals surface area contributed by atoms with Gasteiger partial charge in [0.05, 0.1) is 26.9 Å². The molecule has 0 radical (unpaired) electrons. The van der Waals surface area contributed by atoms with Crippen molar-refractivity contribution in [3.8, 4) is 11.5 Å². The maximum absolute atomic E-state index is 12.5. The number of rotatable bonds is 9. The van der Waals surface area contributed by atoms with E-state index in [0.29, 0.717) is 11.5 Å². The molecule has 2 N–H and O–H groups in total. The van der Waals surface area contributed by atoms with Crippen molar-refractivity contribution < 1.29 is 33.6 Å². The molecule has 0 saturated carbocycles. The van der Waals surface area contributed by atoms with E-state index < -0.39 is 34.0 Å². The van der Waals surface area contributed by atoms with Crippen molar-refractivity contribution in [3.63, 3.8) is 0 Å². The second-order valence-electron chi connectivity index (χ2n) is 9.66. The maximum Gasteiger partial charge on any atom is 0.326 e. The number of methoxy groups -OCH3 is 2. The first-order chi connectivity index (χ1) is 19.3. The quantitative estimate of drug-likeness (QED) is 0.205. The highest BCUT2D eigenvalue weighted by atomic mass is 127. The Morgan fingerprint density at radius 3 is 2.02 bits per heavy atom. The number of imide groups is 1. The third kappa shape index (κ3) is 5.53. The van der Waals surface area contributed by atoms with Crippen LogP contribution in [0.2, 0.25) is 0 Å². The summed E-state index contributed by atoms with van der Waals surface area (Å²) in [7, 11) is 3.24. The molecule has 3 aromatic rings. The minimum absolute atomic E-state index is 0.0344. The molecule has 0 spiro atoms. The number of nitrogens with one attached hydrogen (secondary N) is 1. The lowest BCUT2D eigenvalue weighted by molar-refractivity contribution is -0.124. The highest BCUT2D eigenvalue weighted by Crippen LogP contribution is 2.42. The molecule has 2 heterocycles. The molecule has 1 unspecified atom stereocenters. The van der Waals surface area contributed by atoms with Crippen molar-refractivity contribution in [2.24, 2.45) is 0 Å². The fraction of sp³-hybridized carbons (Fsp3) is 0.333. The van der Waals surface area contributed by atoms with Gasteiger partial charge in [-0.3, -0.25) is 15.0 Å². The summed E-state index contributed by atoms with van der Waals surface area (Å²) in [6.45, 7) is 0.245. The Hall–Kier alpha value is -3.19. The monoisotopic (exact) mass is 658 g/mol. The van der Waals surface area contributed by atoms with Crippen LogP contribution in [0.15, 0.2) is 78.9 Å². The van der Waals surface area contributed by atoms with E-state index in [9.17, 15) is 14.7 Å². The van der Waals surface area contributed by atoms with Crippen LogP contribution in [-0.2, 0) is 19.9 Å². The third-order valence-electron chi connectivity index (χ3n) is 7.32. The molecular formula is C30H31IN2O7. The molecule has 2 aliphatic rings. The Morgan fingerprint density at radius 2 is 1.48 bits per heavy atom. The number of ether oxygens (including phenoxy) is 4. The number of urea groups is 1. The van der Waals surface area contributed by atoms with Crippen molar-refractivity contribution in [2.45, 2.75) is 34.4 Å². The first-order valence-corrected chi connectivity index (χ1v) is 14.2. The normalized spacial score (nSPS) is 23.1. The topological polar surface area (TPSA) is 107 Å². The molecule has 10 heteroatoms. The highest BCUT2D eigenvalue weighted by Gasteiger charge is 2.45. The van der Waals surface area contributed by atoms with Crippen molar-refractivity contribution in [3.05, 3.63) is 95.6 Å². The van der Waals surface area contributed by atoms with Crippen LogP contribution < -0.4 is 14.8 Å². The van der Waals surface area contributed by atoms with Crippen LogP contribution in [0.4, 0.5) is 4.79 Å². The van der Waals surface area contributed by atoms with Gasteiger partial charge in [0.15, 0.2) is 0 Å². The number of halogens is 1. The van der Waals surface area contributed by atoms with Gasteiger partial charge >= 0.3 is 6.03 Å². The molecule has 210 valence electrons. The minimum atomic E-state index is -1.07. The molecule has 0 aromatic heterocycles. The summed E-state index contributed by atoms with van der Waals surface area (Å²) in [5, 5.41) is 13.3. The summed E-state index contributed by atoms with van der Waals surface area (Å²) in [4.78, 5) is 25.9. The van der Waals surface area contributed by atoms with E-state index >= 15 is 0 Å². The van der Waals surface area contributed by atoms with Crippen LogP contribution in [0, 0.1) is 0 Å². The van der Waals surface area contributed by atoms with Gasteiger partial charge in [0.1, 0.15) is 33.4 Å². The van der Waals surface area contributed by atoms with E-state index in [-0.39, 0.29) is 25.5 Å². The van der Waals surface area contributed by atoms with Crippen molar-refractivity contribution in [1.29, 1.82) is 0 Å². The number of amides is 3. The number of aliphatic hydroxyl groups is 1. The highest BCUT2D eigenvalue weighted by molar-refractivity contribution is 14.1. The van der Waals surface area contributed by atoms with Crippen LogP contribution in [0.5, 0.6) is 11.5 Å². The number of alkyl halides is 1. The van der Waals surface area contributed by atoms with E-state index in [2.05, 4.69) is 5.32 Å². The lowest BCUT2D eigenvalue weighted by Crippen LogP contribution is -2.58. The Morgan fingerprint density at radius 1 is 0.925 bits per heavy atom. The smallest absolute Gasteiger partial charge is 0.326 e. The van der Waals surface area contributed by atoms with Gasteiger partial charge < -0.3 is 24.1 Å². The van der Waals surface area contributed by atoms with Gasteiger partial charge in [0.2, 0.25) is 5.91 Å². The molecule has 3 amide bonds. The number of benzene rings is 3. The molecule has 0 bridgehead atoms. The van der Waals surface area contributed by atoms with Gasteiger partial charge in [-0.05, 0) is 41.0 Å². The van der Waals surface area contributed by atoms with E-state index in [1.807, 2.05) is 101 Å². The molecule has 2 aliphatic heterocycles. The number of nitrogens with zero attached hydrogens (tertiary/aromatic N) is 1. The number of hydrogen-bond donors (Lipinski definition) is 2. The average molecular weight is 658 g/mol. The standard InChI is InChI=1S/C30H31IN2O7/c1-37-22-12-8-20(9-13-22)30(19-6-4-3-5-7-19,21-10-14-23(38-2)15-11-21)39-18-26-25(34)16-27(40-26)33-17-24(31)28(35)32-29(33)36/h3-15,24-27,34H,16-18H2,1-2H3,(H,32,35,36)/t24?,25-,26+,27+/m0/s1. The van der Waals surface area contributed by atoms with Gasteiger partial charge in [-0.25, -0.2) is 4.79 Å². The summed E-state index contributed by atoms with van der Waals surface area (Å²) in [6, 6.07) is 24.7. The first-order valence-electron chi connectivity index (χ1n) is 12.9. The second-order valence-corrected chi connectivity index (χ2v) is 11.2. The van der Waals surface area contributed by atoms with Gasteiger partial charge in [0.25, 0.3) is 0 Å². The molecule has 9 nitrogen and oxygen atoms in total. The lowest BCUT2D eigenvalue weighted by atomic mass is 9.80. The van der Waals surface area contributed by atoms with Gasteiger partial charge in [-0.1, -0.05) is 77.2 Å². The zero-order valence-corrected chi connectivity index (χ0v) is 24.3. The van der Waals surface area contributed by atoms with Crippen LogP contribution in [-0.4, -0.2) is 71.7 Å². The second kappa shape index (κ2) is 12.1. The van der Waals surface area contributed by atoms with Crippen LogP contribution >= 0.6 is 22.6 Å². The molecule has 0 aliphatic carbocycles. The SMILES string of the molecule is COc1ccc(C(OC[C@H]2O[C@@H](N3CC(I)C(=O)NC3=O)C[C@@H]2O)(c2ccccc2)c2ccc(OC)cc2)cc1. The molecule has 3 aromatic carbocycles. The van der Waals surface area contributed by atoms with E-state index in [4.69, 9.17) is 18.9 Å². The zero-order chi connectivity index (χ0) is 28.3. The average Bonchev–Trinajstić information content (AvgIpc) is 3.36. The Bertz CT molecular complexity index is 1270. The fourth-order valence-corrected chi connectivity index (χ4v) is 5.76. The number of aliphatic hydroxyl groups excluding tert-OH is 1. The maximum atomic E-state index is 12.5. The zero-order valence-electron chi connectivity index (χ0n) is 22.2. The lowest BCUT2D eigenvalue weighted by Gasteiger charge is -2.37. The van der Waals surface area contributed by atoms with Crippen LogP contribution in [0.3, 0.4) is 0 Å². The Labute approximate surface area is 246 Å². The van der Waals surface area contributed by atoms with Gasteiger partial charge in [-0.2, -0.15) is 0 Å².